The Morgan fingerprint density at radius 3 is 2.30 bits per heavy atom. The van der Waals surface area contributed by atoms with E-state index < -0.39 is 0 Å². The van der Waals surface area contributed by atoms with Gasteiger partial charge in [0.05, 0.1) is 16.6 Å². The van der Waals surface area contributed by atoms with Crippen molar-refractivity contribution >= 4 is 10.9 Å². The lowest BCUT2D eigenvalue weighted by Gasteiger charge is -2.22. The van der Waals surface area contributed by atoms with E-state index in [1.54, 1.807) is 25.4 Å². The van der Waals surface area contributed by atoms with Crippen LogP contribution in [0.5, 0.6) is 0 Å². The van der Waals surface area contributed by atoms with Crippen molar-refractivity contribution in [3.05, 3.63) is 70.3 Å². The summed E-state index contributed by atoms with van der Waals surface area (Å²) in [4.78, 5) is 18.3. The SMILES string of the molecule is CC(C)c1nn(C)c(=O)c2cccnc12.CCC(c1ccccc1)N(C)C. The molecule has 5 nitrogen and oxygen atoms in total. The second-order valence-corrected chi connectivity index (χ2v) is 7.17. The Bertz CT molecular complexity index is 916. The second-order valence-electron chi connectivity index (χ2n) is 7.17. The molecule has 0 spiro atoms. The minimum atomic E-state index is -0.0949. The zero-order valence-corrected chi connectivity index (χ0v) is 17.2. The first-order chi connectivity index (χ1) is 12.9. The molecule has 27 heavy (non-hydrogen) atoms. The lowest BCUT2D eigenvalue weighted by Crippen LogP contribution is -2.22. The maximum Gasteiger partial charge on any atom is 0.275 e. The maximum absolute atomic E-state index is 11.8. The maximum atomic E-state index is 11.8. The number of aryl methyl sites for hydroxylation is 1. The molecule has 0 aliphatic heterocycles. The van der Waals surface area contributed by atoms with Crippen molar-refractivity contribution in [1.82, 2.24) is 19.7 Å². The van der Waals surface area contributed by atoms with Gasteiger partial charge in [0.2, 0.25) is 0 Å². The zero-order valence-electron chi connectivity index (χ0n) is 17.2. The van der Waals surface area contributed by atoms with E-state index in [1.807, 2.05) is 13.8 Å². The van der Waals surface area contributed by atoms with Crippen LogP contribution in [0.4, 0.5) is 0 Å². The van der Waals surface area contributed by atoms with Gasteiger partial charge in [-0.25, -0.2) is 4.68 Å². The van der Waals surface area contributed by atoms with Crippen LogP contribution >= 0.6 is 0 Å². The first kappa shape index (κ1) is 20.8. The van der Waals surface area contributed by atoms with Crippen LogP contribution in [0.2, 0.25) is 0 Å². The standard InChI is InChI=1S/C11H13N3O.C11H17N/c1-7(2)9-10-8(5-4-6-12-10)11(15)14(3)13-9;1-4-11(12(2)3)10-8-6-5-7-9-10/h4-7H,1-3H3;5-9,11H,4H2,1-3H3. The van der Waals surface area contributed by atoms with Gasteiger partial charge in [0.15, 0.2) is 0 Å². The summed E-state index contributed by atoms with van der Waals surface area (Å²) in [5.74, 6) is 0.259. The average molecular weight is 367 g/mol. The number of hydrogen-bond donors (Lipinski definition) is 0. The summed E-state index contributed by atoms with van der Waals surface area (Å²) < 4.78 is 1.37. The summed E-state index contributed by atoms with van der Waals surface area (Å²) >= 11 is 0. The summed E-state index contributed by atoms with van der Waals surface area (Å²) in [5, 5.41) is 4.88. The fourth-order valence-corrected chi connectivity index (χ4v) is 3.17. The highest BCUT2D eigenvalue weighted by Gasteiger charge is 2.12. The van der Waals surface area contributed by atoms with Gasteiger partial charge in [-0.15, -0.1) is 0 Å². The van der Waals surface area contributed by atoms with E-state index in [0.29, 0.717) is 11.4 Å². The molecule has 1 atom stereocenters. The van der Waals surface area contributed by atoms with Crippen LogP contribution in [-0.4, -0.2) is 33.8 Å². The number of aromatic nitrogens is 3. The quantitative estimate of drug-likeness (QED) is 0.696. The van der Waals surface area contributed by atoms with Crippen molar-refractivity contribution in [2.75, 3.05) is 14.1 Å². The third kappa shape index (κ3) is 5.01. The molecule has 0 bridgehead atoms. The Labute approximate surface area is 161 Å². The third-order valence-corrected chi connectivity index (χ3v) is 4.57. The third-order valence-electron chi connectivity index (χ3n) is 4.57. The van der Waals surface area contributed by atoms with Crippen molar-refractivity contribution in [2.45, 2.75) is 39.2 Å². The van der Waals surface area contributed by atoms with Crippen molar-refractivity contribution in [3.63, 3.8) is 0 Å². The van der Waals surface area contributed by atoms with Gasteiger partial charge in [-0.3, -0.25) is 9.78 Å². The normalized spacial score (nSPS) is 12.1. The van der Waals surface area contributed by atoms with Gasteiger partial charge >= 0.3 is 0 Å². The van der Waals surface area contributed by atoms with Crippen LogP contribution in [0.25, 0.3) is 10.9 Å². The van der Waals surface area contributed by atoms with Crippen LogP contribution in [0.1, 0.15) is 50.4 Å². The largest absolute Gasteiger partial charge is 0.302 e. The molecule has 0 amide bonds. The Balaban J connectivity index is 0.000000199. The first-order valence-electron chi connectivity index (χ1n) is 9.40. The summed E-state index contributed by atoms with van der Waals surface area (Å²) in [7, 11) is 5.92. The van der Waals surface area contributed by atoms with E-state index in [-0.39, 0.29) is 11.5 Å². The summed E-state index contributed by atoms with van der Waals surface area (Å²) in [5.41, 5.74) is 2.90. The topological polar surface area (TPSA) is 51.0 Å². The van der Waals surface area contributed by atoms with Gasteiger partial charge in [0, 0.05) is 19.3 Å². The molecule has 3 rings (SSSR count). The molecule has 2 heterocycles. The molecule has 0 radical (unpaired) electrons. The summed E-state index contributed by atoms with van der Waals surface area (Å²) in [6, 6.07) is 14.8. The Kier molecular flexibility index (Phi) is 7.25. The summed E-state index contributed by atoms with van der Waals surface area (Å²) in [6.07, 6.45) is 2.85. The molecule has 0 saturated carbocycles. The Morgan fingerprint density at radius 1 is 1.07 bits per heavy atom. The number of hydrogen-bond acceptors (Lipinski definition) is 4. The van der Waals surface area contributed by atoms with Gasteiger partial charge in [0.25, 0.3) is 5.56 Å². The van der Waals surface area contributed by atoms with E-state index in [2.05, 4.69) is 66.3 Å². The van der Waals surface area contributed by atoms with Crippen molar-refractivity contribution in [3.8, 4) is 0 Å². The smallest absolute Gasteiger partial charge is 0.275 e. The van der Waals surface area contributed by atoms with E-state index in [4.69, 9.17) is 0 Å². The van der Waals surface area contributed by atoms with Gasteiger partial charge < -0.3 is 4.90 Å². The molecule has 3 aromatic rings. The molecule has 5 heteroatoms. The van der Waals surface area contributed by atoms with Crippen LogP contribution in [0.3, 0.4) is 0 Å². The van der Waals surface area contributed by atoms with Gasteiger partial charge in [0.1, 0.15) is 0 Å². The number of benzene rings is 1. The van der Waals surface area contributed by atoms with Crippen molar-refractivity contribution in [2.24, 2.45) is 7.05 Å². The Hall–Kier alpha value is -2.53. The predicted octanol–water partition coefficient (Wildman–Crippen LogP) is 4.15. The molecule has 0 aliphatic rings. The van der Waals surface area contributed by atoms with Gasteiger partial charge in [-0.2, -0.15) is 5.10 Å². The van der Waals surface area contributed by atoms with E-state index in [0.717, 1.165) is 17.6 Å². The van der Waals surface area contributed by atoms with E-state index in [1.165, 1.54) is 10.2 Å². The average Bonchev–Trinajstić information content (AvgIpc) is 2.66. The molecular weight excluding hydrogens is 336 g/mol. The number of nitrogens with zero attached hydrogens (tertiary/aromatic N) is 4. The van der Waals surface area contributed by atoms with Crippen LogP contribution in [-0.2, 0) is 7.05 Å². The summed E-state index contributed by atoms with van der Waals surface area (Å²) in [6.45, 7) is 6.31. The fraction of sp³-hybridized carbons (Fsp3) is 0.409. The lowest BCUT2D eigenvalue weighted by atomic mass is 10.0. The highest BCUT2D eigenvalue weighted by Crippen LogP contribution is 2.20. The lowest BCUT2D eigenvalue weighted by molar-refractivity contribution is 0.292. The van der Waals surface area contributed by atoms with Crippen LogP contribution in [0.15, 0.2) is 53.5 Å². The zero-order chi connectivity index (χ0) is 20.0. The minimum absolute atomic E-state index is 0.0949. The molecule has 0 fully saturated rings. The highest BCUT2D eigenvalue weighted by atomic mass is 16.1. The van der Waals surface area contributed by atoms with Crippen molar-refractivity contribution in [1.29, 1.82) is 0 Å². The molecule has 0 aliphatic carbocycles. The van der Waals surface area contributed by atoms with Gasteiger partial charge in [-0.1, -0.05) is 51.1 Å². The second kappa shape index (κ2) is 9.42. The molecule has 1 unspecified atom stereocenters. The van der Waals surface area contributed by atoms with E-state index >= 15 is 0 Å². The minimum Gasteiger partial charge on any atom is -0.302 e. The molecule has 144 valence electrons. The Morgan fingerprint density at radius 2 is 1.74 bits per heavy atom. The van der Waals surface area contributed by atoms with Crippen LogP contribution < -0.4 is 5.56 Å². The fourth-order valence-electron chi connectivity index (χ4n) is 3.17. The molecule has 1 aromatic carbocycles. The monoisotopic (exact) mass is 366 g/mol. The van der Waals surface area contributed by atoms with E-state index in [9.17, 15) is 4.79 Å². The first-order valence-corrected chi connectivity index (χ1v) is 9.40. The number of fused-ring (bicyclic) bond motifs is 1. The van der Waals surface area contributed by atoms with Gasteiger partial charge in [-0.05, 0) is 44.1 Å². The predicted molar refractivity (Wildman–Crippen MR) is 112 cm³/mol. The van der Waals surface area contributed by atoms with Crippen LogP contribution in [0, 0.1) is 0 Å². The molecule has 0 N–H and O–H groups in total. The number of pyridine rings is 1. The van der Waals surface area contributed by atoms with Crippen molar-refractivity contribution < 1.29 is 0 Å². The molecule has 2 aromatic heterocycles. The number of rotatable bonds is 4. The highest BCUT2D eigenvalue weighted by molar-refractivity contribution is 5.79. The molecule has 0 saturated heterocycles. The molecular formula is C22H30N4O.